The summed E-state index contributed by atoms with van der Waals surface area (Å²) in [7, 11) is 0. The average molecular weight is 461 g/mol. The van der Waals surface area contributed by atoms with Gasteiger partial charge in [0.2, 0.25) is 0 Å². The Labute approximate surface area is 199 Å². The first-order chi connectivity index (χ1) is 16.4. The van der Waals surface area contributed by atoms with Crippen molar-refractivity contribution in [2.45, 2.75) is 20.3 Å². The Hall–Kier alpha value is -3.93. The van der Waals surface area contributed by atoms with Crippen molar-refractivity contribution in [1.82, 2.24) is 0 Å². The molecule has 6 nitrogen and oxygen atoms in total. The lowest BCUT2D eigenvalue weighted by Crippen LogP contribution is -2.39. The third-order valence-corrected chi connectivity index (χ3v) is 5.55. The van der Waals surface area contributed by atoms with E-state index in [1.54, 1.807) is 78.9 Å². The second kappa shape index (κ2) is 11.8. The first kappa shape index (κ1) is 24.7. The number of esters is 3. The van der Waals surface area contributed by atoms with Crippen LogP contribution in [0.4, 0.5) is 0 Å². The summed E-state index contributed by atoms with van der Waals surface area (Å²) >= 11 is 0. The van der Waals surface area contributed by atoms with Gasteiger partial charge in [-0.25, -0.2) is 14.4 Å². The molecule has 6 heteroatoms. The standard InChI is InChI=1S/C28H28O6/c1-3-28(18-32-25(29)22-12-6-4-7-13-22,19-33-26(30)23-14-8-5-9-15-23)20-34-27(31)24-16-10-11-21(2)17-24/h4-17H,3,18-20H2,1-2H3. The Kier molecular flexibility index (Phi) is 8.57. The highest BCUT2D eigenvalue weighted by Crippen LogP contribution is 2.26. The Balaban J connectivity index is 1.73. The zero-order valence-electron chi connectivity index (χ0n) is 19.4. The van der Waals surface area contributed by atoms with Gasteiger partial charge in [-0.1, -0.05) is 61.0 Å². The third-order valence-electron chi connectivity index (χ3n) is 5.55. The summed E-state index contributed by atoms with van der Waals surface area (Å²) in [4.78, 5) is 37.7. The summed E-state index contributed by atoms with van der Waals surface area (Å²) in [6.07, 6.45) is 0.443. The molecule has 0 bridgehead atoms. The lowest BCUT2D eigenvalue weighted by Gasteiger charge is -2.31. The molecule has 0 unspecified atom stereocenters. The number of ether oxygens (including phenoxy) is 3. The molecule has 3 aromatic carbocycles. The van der Waals surface area contributed by atoms with Crippen molar-refractivity contribution in [1.29, 1.82) is 0 Å². The van der Waals surface area contributed by atoms with Crippen LogP contribution in [0.2, 0.25) is 0 Å². The van der Waals surface area contributed by atoms with Crippen LogP contribution in [0, 0.1) is 12.3 Å². The van der Waals surface area contributed by atoms with E-state index in [9.17, 15) is 14.4 Å². The second-order valence-corrected chi connectivity index (χ2v) is 8.18. The molecular weight excluding hydrogens is 432 g/mol. The number of benzene rings is 3. The van der Waals surface area contributed by atoms with E-state index in [4.69, 9.17) is 14.2 Å². The van der Waals surface area contributed by atoms with Crippen LogP contribution < -0.4 is 0 Å². The average Bonchev–Trinajstić information content (AvgIpc) is 2.89. The first-order valence-electron chi connectivity index (χ1n) is 11.1. The topological polar surface area (TPSA) is 78.9 Å². The smallest absolute Gasteiger partial charge is 0.338 e. The number of carbonyl (C=O) groups excluding carboxylic acids is 3. The predicted octanol–water partition coefficient (Wildman–Crippen LogP) is 5.26. The zero-order chi connectivity index (χ0) is 24.4. The van der Waals surface area contributed by atoms with Gasteiger partial charge in [-0.15, -0.1) is 0 Å². The number of rotatable bonds is 10. The molecule has 0 atom stereocenters. The van der Waals surface area contributed by atoms with Gasteiger partial charge in [-0.3, -0.25) is 0 Å². The minimum Gasteiger partial charge on any atom is -0.461 e. The molecule has 0 saturated heterocycles. The van der Waals surface area contributed by atoms with Gasteiger partial charge >= 0.3 is 17.9 Å². The molecule has 0 aliphatic heterocycles. The maximum Gasteiger partial charge on any atom is 0.338 e. The van der Waals surface area contributed by atoms with Crippen molar-refractivity contribution >= 4 is 17.9 Å². The quantitative estimate of drug-likeness (QED) is 0.303. The lowest BCUT2D eigenvalue weighted by molar-refractivity contribution is -0.0381. The van der Waals surface area contributed by atoms with Crippen LogP contribution >= 0.6 is 0 Å². The number of aryl methyl sites for hydroxylation is 1. The number of hydrogen-bond acceptors (Lipinski definition) is 6. The highest BCUT2D eigenvalue weighted by Gasteiger charge is 2.34. The van der Waals surface area contributed by atoms with Gasteiger partial charge in [0.15, 0.2) is 0 Å². The molecule has 0 aliphatic carbocycles. The van der Waals surface area contributed by atoms with Crippen LogP contribution in [0.3, 0.4) is 0 Å². The Morgan fingerprint density at radius 3 is 1.44 bits per heavy atom. The molecule has 176 valence electrons. The lowest BCUT2D eigenvalue weighted by atomic mass is 9.88. The highest BCUT2D eigenvalue weighted by molar-refractivity contribution is 5.90. The Morgan fingerprint density at radius 1 is 0.618 bits per heavy atom. The number of carbonyl (C=O) groups is 3. The van der Waals surface area contributed by atoms with E-state index in [1.807, 2.05) is 19.9 Å². The van der Waals surface area contributed by atoms with Gasteiger partial charge in [0.05, 0.1) is 22.1 Å². The van der Waals surface area contributed by atoms with Crippen molar-refractivity contribution in [2.75, 3.05) is 19.8 Å². The minimum atomic E-state index is -0.908. The maximum absolute atomic E-state index is 12.6. The van der Waals surface area contributed by atoms with Crippen molar-refractivity contribution in [2.24, 2.45) is 5.41 Å². The molecule has 0 aromatic heterocycles. The molecule has 0 heterocycles. The van der Waals surface area contributed by atoms with Crippen LogP contribution in [0.1, 0.15) is 50.0 Å². The fourth-order valence-electron chi connectivity index (χ4n) is 3.26. The summed E-state index contributed by atoms with van der Waals surface area (Å²) in [5.74, 6) is -1.50. The van der Waals surface area contributed by atoms with Gasteiger partial charge < -0.3 is 14.2 Å². The molecule has 0 aliphatic rings. The van der Waals surface area contributed by atoms with Crippen molar-refractivity contribution < 1.29 is 28.6 Å². The molecule has 0 radical (unpaired) electrons. The highest BCUT2D eigenvalue weighted by atomic mass is 16.6. The Morgan fingerprint density at radius 2 is 1.03 bits per heavy atom. The van der Waals surface area contributed by atoms with Gasteiger partial charge in [0.25, 0.3) is 0 Å². The maximum atomic E-state index is 12.6. The van der Waals surface area contributed by atoms with Crippen molar-refractivity contribution in [3.8, 4) is 0 Å². The van der Waals surface area contributed by atoms with Gasteiger partial charge in [0.1, 0.15) is 19.8 Å². The minimum absolute atomic E-state index is 0.0829. The van der Waals surface area contributed by atoms with Crippen LogP contribution in [-0.2, 0) is 14.2 Å². The second-order valence-electron chi connectivity index (χ2n) is 8.18. The first-order valence-corrected chi connectivity index (χ1v) is 11.1. The fraction of sp³-hybridized carbons (Fsp3) is 0.250. The van der Waals surface area contributed by atoms with E-state index in [0.29, 0.717) is 23.1 Å². The van der Waals surface area contributed by atoms with Gasteiger partial charge in [0, 0.05) is 0 Å². The van der Waals surface area contributed by atoms with Crippen molar-refractivity contribution in [3.63, 3.8) is 0 Å². The zero-order valence-corrected chi connectivity index (χ0v) is 19.4. The molecule has 0 amide bonds. The fourth-order valence-corrected chi connectivity index (χ4v) is 3.26. The molecule has 3 aromatic rings. The van der Waals surface area contributed by atoms with E-state index in [2.05, 4.69) is 0 Å². The summed E-state index contributed by atoms with van der Waals surface area (Å²) in [5, 5.41) is 0. The largest absolute Gasteiger partial charge is 0.461 e. The predicted molar refractivity (Wildman–Crippen MR) is 128 cm³/mol. The third kappa shape index (κ3) is 6.78. The SMILES string of the molecule is CCC(COC(=O)c1ccccc1)(COC(=O)c1ccccc1)COC(=O)c1cccc(C)c1. The molecular formula is C28H28O6. The Bertz CT molecular complexity index is 1050. The van der Waals surface area contributed by atoms with Crippen molar-refractivity contribution in [3.05, 3.63) is 107 Å². The molecule has 0 fully saturated rings. The normalized spacial score (nSPS) is 10.9. The summed E-state index contributed by atoms with van der Waals surface area (Å²) in [6.45, 7) is 3.51. The van der Waals surface area contributed by atoms with Crippen LogP contribution in [0.5, 0.6) is 0 Å². The van der Waals surface area contributed by atoms with Crippen LogP contribution in [0.15, 0.2) is 84.9 Å². The monoisotopic (exact) mass is 460 g/mol. The van der Waals surface area contributed by atoms with E-state index in [0.717, 1.165) is 5.56 Å². The van der Waals surface area contributed by atoms with E-state index < -0.39 is 23.3 Å². The summed E-state index contributed by atoms with van der Waals surface area (Å²) in [6, 6.07) is 24.3. The van der Waals surface area contributed by atoms with Crippen LogP contribution in [-0.4, -0.2) is 37.7 Å². The summed E-state index contributed by atoms with van der Waals surface area (Å²) in [5.41, 5.74) is 1.27. The summed E-state index contributed by atoms with van der Waals surface area (Å²) < 4.78 is 16.7. The molecule has 0 saturated carbocycles. The molecule has 34 heavy (non-hydrogen) atoms. The van der Waals surface area contributed by atoms with Gasteiger partial charge in [-0.05, 0) is 49.7 Å². The molecule has 0 N–H and O–H groups in total. The van der Waals surface area contributed by atoms with Gasteiger partial charge in [-0.2, -0.15) is 0 Å². The molecule has 3 rings (SSSR count). The van der Waals surface area contributed by atoms with E-state index in [-0.39, 0.29) is 19.8 Å². The number of hydrogen-bond donors (Lipinski definition) is 0. The van der Waals surface area contributed by atoms with E-state index >= 15 is 0 Å². The molecule has 0 spiro atoms. The van der Waals surface area contributed by atoms with E-state index in [1.165, 1.54) is 0 Å². The van der Waals surface area contributed by atoms with Crippen LogP contribution in [0.25, 0.3) is 0 Å².